The summed E-state index contributed by atoms with van der Waals surface area (Å²) >= 11 is 0. The molecule has 0 aliphatic carbocycles. The van der Waals surface area contributed by atoms with Gasteiger partial charge in [0.2, 0.25) is 0 Å². The van der Waals surface area contributed by atoms with Crippen molar-refractivity contribution in [2.24, 2.45) is 4.99 Å². The SMILES string of the molecule is CN1NOC(=O)/C1=C\C(=NC(=O)c1ccccc1)C(=O)N1CCN(c2ccccc2)CC1. The Kier molecular flexibility index (Phi) is 6.27. The highest BCUT2D eigenvalue weighted by molar-refractivity contribution is 6.45. The number of hydrogen-bond acceptors (Lipinski definition) is 7. The topological polar surface area (TPSA) is 94.5 Å². The van der Waals surface area contributed by atoms with Gasteiger partial charge in [-0.15, -0.1) is 0 Å². The molecule has 32 heavy (non-hydrogen) atoms. The zero-order valence-corrected chi connectivity index (χ0v) is 17.6. The minimum Gasteiger partial charge on any atom is -0.368 e. The van der Waals surface area contributed by atoms with Crippen molar-refractivity contribution in [3.05, 3.63) is 78.0 Å². The predicted octanol–water partition coefficient (Wildman–Crippen LogP) is 1.41. The van der Waals surface area contributed by atoms with Crippen molar-refractivity contribution < 1.29 is 19.2 Å². The molecule has 9 nitrogen and oxygen atoms in total. The van der Waals surface area contributed by atoms with Crippen LogP contribution < -0.4 is 10.5 Å². The molecule has 9 heteroatoms. The Morgan fingerprint density at radius 2 is 1.59 bits per heavy atom. The number of hydrogen-bond donors (Lipinski definition) is 1. The van der Waals surface area contributed by atoms with E-state index in [4.69, 9.17) is 4.84 Å². The van der Waals surface area contributed by atoms with Crippen molar-refractivity contribution in [2.45, 2.75) is 0 Å². The molecule has 2 fully saturated rings. The third kappa shape index (κ3) is 4.68. The van der Waals surface area contributed by atoms with Crippen LogP contribution in [0.4, 0.5) is 5.69 Å². The summed E-state index contributed by atoms with van der Waals surface area (Å²) in [4.78, 5) is 50.6. The summed E-state index contributed by atoms with van der Waals surface area (Å²) in [5.41, 5.74) is 3.81. The van der Waals surface area contributed by atoms with E-state index in [-0.39, 0.29) is 11.4 Å². The van der Waals surface area contributed by atoms with Gasteiger partial charge in [-0.3, -0.25) is 14.6 Å². The molecule has 2 saturated heterocycles. The molecule has 0 saturated carbocycles. The van der Waals surface area contributed by atoms with Crippen molar-refractivity contribution in [2.75, 3.05) is 38.1 Å². The number of nitrogens with zero attached hydrogens (tertiary/aromatic N) is 4. The van der Waals surface area contributed by atoms with Crippen LogP contribution in [-0.4, -0.2) is 66.6 Å². The molecular weight excluding hydrogens is 410 g/mol. The molecule has 164 valence electrons. The fourth-order valence-corrected chi connectivity index (χ4v) is 3.50. The van der Waals surface area contributed by atoms with Gasteiger partial charge in [0, 0.05) is 50.6 Å². The first kappa shape index (κ1) is 21.3. The second kappa shape index (κ2) is 9.44. The van der Waals surface area contributed by atoms with Gasteiger partial charge in [-0.05, 0) is 24.3 Å². The van der Waals surface area contributed by atoms with Gasteiger partial charge in [0.05, 0.1) is 0 Å². The standard InChI is InChI=1S/C23H23N5O4/c1-26-20(23(31)32-25-26)16-19(24-21(29)17-8-4-2-5-9-17)22(30)28-14-12-27(13-15-28)18-10-6-3-7-11-18/h2-11,16,25H,12-15H2,1H3/b20-16+,24-19?. The molecule has 4 rings (SSSR count). The van der Waals surface area contributed by atoms with E-state index in [1.54, 1.807) is 42.3 Å². The van der Waals surface area contributed by atoms with E-state index in [9.17, 15) is 14.4 Å². The number of rotatable bonds is 4. The normalized spacial score (nSPS) is 18.2. The van der Waals surface area contributed by atoms with Gasteiger partial charge >= 0.3 is 5.97 Å². The number of piperazine rings is 1. The molecule has 0 unspecified atom stereocenters. The zero-order valence-electron chi connectivity index (χ0n) is 17.6. The lowest BCUT2D eigenvalue weighted by molar-refractivity contribution is -0.142. The number of aliphatic imine (C=N–C) groups is 1. The maximum atomic E-state index is 13.3. The lowest BCUT2D eigenvalue weighted by Gasteiger charge is -2.36. The Morgan fingerprint density at radius 3 is 2.19 bits per heavy atom. The summed E-state index contributed by atoms with van der Waals surface area (Å²) < 4.78 is 0. The van der Waals surface area contributed by atoms with Crippen LogP contribution in [0.25, 0.3) is 0 Å². The molecule has 2 heterocycles. The van der Waals surface area contributed by atoms with E-state index in [0.29, 0.717) is 31.7 Å². The summed E-state index contributed by atoms with van der Waals surface area (Å²) in [6.07, 6.45) is 1.29. The fraction of sp³-hybridized carbons (Fsp3) is 0.217. The van der Waals surface area contributed by atoms with Gasteiger partial charge in [0.15, 0.2) is 0 Å². The lowest BCUT2D eigenvalue weighted by Crippen LogP contribution is -2.50. The minimum atomic E-state index is -0.658. The van der Waals surface area contributed by atoms with Crippen LogP contribution in [0.15, 0.2) is 77.4 Å². The summed E-state index contributed by atoms with van der Waals surface area (Å²) in [6, 6.07) is 18.4. The van der Waals surface area contributed by atoms with Crippen molar-refractivity contribution in [3.63, 3.8) is 0 Å². The van der Waals surface area contributed by atoms with Gasteiger partial charge in [0.1, 0.15) is 11.4 Å². The number of nitrogens with one attached hydrogen (secondary N) is 1. The van der Waals surface area contributed by atoms with E-state index in [1.165, 1.54) is 11.1 Å². The molecule has 2 amide bonds. The Hall–Kier alpha value is -3.98. The summed E-state index contributed by atoms with van der Waals surface area (Å²) in [7, 11) is 1.57. The second-order valence-electron chi connectivity index (χ2n) is 7.35. The lowest BCUT2D eigenvalue weighted by atomic mass is 10.2. The number of benzene rings is 2. The van der Waals surface area contributed by atoms with E-state index in [0.717, 1.165) is 5.69 Å². The minimum absolute atomic E-state index is 0.0842. The number of likely N-dealkylation sites (N-methyl/N-ethyl adjacent to an activating group) is 1. The molecule has 1 N–H and O–H groups in total. The Balaban J connectivity index is 1.56. The van der Waals surface area contributed by atoms with Gasteiger partial charge in [0.25, 0.3) is 11.8 Å². The van der Waals surface area contributed by atoms with Crippen LogP contribution in [0, 0.1) is 0 Å². The van der Waals surface area contributed by atoms with Crippen LogP contribution in [-0.2, 0) is 14.4 Å². The largest absolute Gasteiger partial charge is 0.376 e. The van der Waals surface area contributed by atoms with Crippen LogP contribution in [0.5, 0.6) is 0 Å². The van der Waals surface area contributed by atoms with Crippen LogP contribution in [0.3, 0.4) is 0 Å². The molecule has 0 aromatic heterocycles. The molecular formula is C23H23N5O4. The molecule has 2 aliphatic rings. The predicted molar refractivity (Wildman–Crippen MR) is 119 cm³/mol. The Labute approximate surface area is 185 Å². The molecule has 2 aliphatic heterocycles. The highest BCUT2D eigenvalue weighted by Gasteiger charge is 2.29. The van der Waals surface area contributed by atoms with Gasteiger partial charge < -0.3 is 14.6 Å². The van der Waals surface area contributed by atoms with Crippen LogP contribution >= 0.6 is 0 Å². The smallest absolute Gasteiger partial charge is 0.368 e. The average molecular weight is 433 g/mol. The quantitative estimate of drug-likeness (QED) is 0.576. The number of hydrazine groups is 1. The first-order valence-corrected chi connectivity index (χ1v) is 10.2. The van der Waals surface area contributed by atoms with Crippen molar-refractivity contribution in [1.29, 1.82) is 0 Å². The molecule has 2 aromatic rings. The van der Waals surface area contributed by atoms with E-state index < -0.39 is 17.8 Å². The molecule has 2 aromatic carbocycles. The Bertz CT molecular complexity index is 1060. The maximum Gasteiger partial charge on any atom is 0.376 e. The first-order chi connectivity index (χ1) is 15.5. The van der Waals surface area contributed by atoms with E-state index in [1.807, 2.05) is 30.3 Å². The molecule has 0 atom stereocenters. The maximum absolute atomic E-state index is 13.3. The number of anilines is 1. The number of carbonyl (C=O) groups excluding carboxylic acids is 3. The van der Waals surface area contributed by atoms with Crippen molar-refractivity contribution in [1.82, 2.24) is 15.5 Å². The third-order valence-corrected chi connectivity index (χ3v) is 5.27. The van der Waals surface area contributed by atoms with Gasteiger partial charge in [-0.2, -0.15) is 0 Å². The molecule has 0 bridgehead atoms. The monoisotopic (exact) mass is 433 g/mol. The second-order valence-corrected chi connectivity index (χ2v) is 7.35. The van der Waals surface area contributed by atoms with Gasteiger partial charge in [-0.25, -0.2) is 9.79 Å². The summed E-state index contributed by atoms with van der Waals surface area (Å²) in [6.45, 7) is 2.23. The van der Waals surface area contributed by atoms with E-state index >= 15 is 0 Å². The average Bonchev–Trinajstić information content (AvgIpc) is 3.16. The van der Waals surface area contributed by atoms with Crippen molar-refractivity contribution in [3.8, 4) is 0 Å². The fourth-order valence-electron chi connectivity index (χ4n) is 3.50. The Morgan fingerprint density at radius 1 is 0.969 bits per heavy atom. The third-order valence-electron chi connectivity index (χ3n) is 5.27. The first-order valence-electron chi connectivity index (χ1n) is 10.2. The highest BCUT2D eigenvalue weighted by atomic mass is 16.7. The van der Waals surface area contributed by atoms with Crippen LogP contribution in [0.1, 0.15) is 10.4 Å². The van der Waals surface area contributed by atoms with Gasteiger partial charge in [-0.1, -0.05) is 42.0 Å². The number of amides is 2. The van der Waals surface area contributed by atoms with Crippen molar-refractivity contribution >= 4 is 29.2 Å². The summed E-state index contributed by atoms with van der Waals surface area (Å²) in [5, 5.41) is 1.32. The number of carbonyl (C=O) groups is 3. The van der Waals surface area contributed by atoms with E-state index in [2.05, 4.69) is 15.5 Å². The molecule has 0 spiro atoms. The zero-order chi connectivity index (χ0) is 22.5. The van der Waals surface area contributed by atoms with Crippen LogP contribution in [0.2, 0.25) is 0 Å². The molecule has 0 radical (unpaired) electrons. The highest BCUT2D eigenvalue weighted by Crippen LogP contribution is 2.17. The number of para-hydroxylation sites is 1. The summed E-state index contributed by atoms with van der Waals surface area (Å²) in [5.74, 6) is -1.63.